The Balaban J connectivity index is 1.86. The molecule has 0 aliphatic rings. The van der Waals surface area contributed by atoms with Crippen molar-refractivity contribution in [1.82, 2.24) is 14.8 Å². The van der Waals surface area contributed by atoms with E-state index in [0.29, 0.717) is 21.9 Å². The molecule has 0 unspecified atom stereocenters. The van der Waals surface area contributed by atoms with Crippen molar-refractivity contribution in [2.45, 2.75) is 40.0 Å². The molecule has 3 heterocycles. The van der Waals surface area contributed by atoms with Gasteiger partial charge in [0, 0.05) is 16.8 Å². The molecule has 0 aliphatic heterocycles. The van der Waals surface area contributed by atoms with Gasteiger partial charge in [-0.15, -0.1) is 11.3 Å². The van der Waals surface area contributed by atoms with Crippen LogP contribution < -0.4 is 5.32 Å². The number of carbonyl (C=O) groups is 2. The molecule has 0 atom stereocenters. The van der Waals surface area contributed by atoms with E-state index in [0.717, 1.165) is 16.3 Å². The van der Waals surface area contributed by atoms with E-state index < -0.39 is 5.97 Å². The number of anilines is 1. The summed E-state index contributed by atoms with van der Waals surface area (Å²) in [6.45, 7) is 10.0. The van der Waals surface area contributed by atoms with Gasteiger partial charge in [0.2, 0.25) is 0 Å². The predicted molar refractivity (Wildman–Crippen MR) is 113 cm³/mol. The van der Waals surface area contributed by atoms with E-state index in [1.54, 1.807) is 22.9 Å². The van der Waals surface area contributed by atoms with Gasteiger partial charge in [0.15, 0.2) is 5.82 Å². The highest BCUT2D eigenvalue weighted by atomic mass is 32.1. The summed E-state index contributed by atoms with van der Waals surface area (Å²) in [7, 11) is 1.32. The number of methoxy groups -OCH3 is 1. The minimum atomic E-state index is -0.481. The molecule has 0 saturated carbocycles. The maximum absolute atomic E-state index is 12.7. The Bertz CT molecular complexity index is 1060. The second-order valence-electron chi connectivity index (χ2n) is 7.79. The molecule has 0 bridgehead atoms. The smallest absolute Gasteiger partial charge is 0.340 e. The number of thiophene rings is 1. The number of rotatable bonds is 4. The topological polar surface area (TPSA) is 86.1 Å². The fraction of sp³-hybridized carbons (Fsp3) is 0.333. The van der Waals surface area contributed by atoms with Gasteiger partial charge in [-0.2, -0.15) is 5.10 Å². The highest BCUT2D eigenvalue weighted by molar-refractivity contribution is 7.16. The quantitative estimate of drug-likeness (QED) is 0.646. The van der Waals surface area contributed by atoms with E-state index in [-0.39, 0.29) is 11.3 Å². The van der Waals surface area contributed by atoms with Crippen LogP contribution in [-0.2, 0) is 10.2 Å². The molecular formula is C21H24N4O3S. The highest BCUT2D eigenvalue weighted by Gasteiger charge is 2.24. The van der Waals surface area contributed by atoms with Crippen LogP contribution in [-0.4, -0.2) is 33.8 Å². The van der Waals surface area contributed by atoms with Gasteiger partial charge in [0.25, 0.3) is 5.91 Å². The fourth-order valence-electron chi connectivity index (χ4n) is 2.80. The molecule has 0 saturated heterocycles. The number of nitrogens with one attached hydrogen (secondary N) is 1. The summed E-state index contributed by atoms with van der Waals surface area (Å²) in [6, 6.07) is 7.16. The number of aromatic nitrogens is 3. The second kappa shape index (κ2) is 7.79. The van der Waals surface area contributed by atoms with Crippen molar-refractivity contribution in [2.75, 3.05) is 12.4 Å². The molecule has 7 nitrogen and oxygen atoms in total. The summed E-state index contributed by atoms with van der Waals surface area (Å²) in [5.41, 5.74) is 2.44. The minimum Gasteiger partial charge on any atom is -0.465 e. The number of esters is 1. The largest absolute Gasteiger partial charge is 0.465 e. The monoisotopic (exact) mass is 412 g/mol. The van der Waals surface area contributed by atoms with Crippen LogP contribution in [0.5, 0.6) is 0 Å². The molecule has 0 aromatic carbocycles. The maximum Gasteiger partial charge on any atom is 0.340 e. The summed E-state index contributed by atoms with van der Waals surface area (Å²) in [6.07, 6.45) is 1.50. The number of hydrogen-bond donors (Lipinski definition) is 1. The van der Waals surface area contributed by atoms with E-state index in [1.807, 2.05) is 40.7 Å². The second-order valence-corrected chi connectivity index (χ2v) is 8.85. The van der Waals surface area contributed by atoms with Crippen LogP contribution in [0.4, 0.5) is 5.00 Å². The third-order valence-electron chi connectivity index (χ3n) is 4.34. The molecular weight excluding hydrogens is 388 g/mol. The molecule has 29 heavy (non-hydrogen) atoms. The van der Waals surface area contributed by atoms with Crippen molar-refractivity contribution >= 4 is 28.2 Å². The van der Waals surface area contributed by atoms with Gasteiger partial charge < -0.3 is 10.1 Å². The van der Waals surface area contributed by atoms with E-state index in [9.17, 15) is 9.59 Å². The average molecular weight is 413 g/mol. The number of carbonyl (C=O) groups excluding carboxylic acids is 2. The van der Waals surface area contributed by atoms with E-state index in [2.05, 4.69) is 15.4 Å². The molecule has 0 spiro atoms. The number of amides is 1. The zero-order chi connectivity index (χ0) is 21.3. The lowest BCUT2D eigenvalue weighted by Crippen LogP contribution is -2.14. The Morgan fingerprint density at radius 1 is 1.17 bits per heavy atom. The fourth-order valence-corrected chi connectivity index (χ4v) is 3.90. The Morgan fingerprint density at radius 3 is 2.41 bits per heavy atom. The minimum absolute atomic E-state index is 0.153. The lowest BCUT2D eigenvalue weighted by molar-refractivity contribution is 0.0602. The van der Waals surface area contributed by atoms with E-state index in [1.165, 1.54) is 24.6 Å². The third kappa shape index (κ3) is 4.37. The lowest BCUT2D eigenvalue weighted by atomic mass is 9.94. The van der Waals surface area contributed by atoms with Crippen molar-refractivity contribution in [1.29, 1.82) is 0 Å². The molecule has 8 heteroatoms. The summed E-state index contributed by atoms with van der Waals surface area (Å²) >= 11 is 1.37. The van der Waals surface area contributed by atoms with Crippen LogP contribution in [0.15, 0.2) is 30.5 Å². The average Bonchev–Trinajstić information content (AvgIpc) is 3.24. The molecule has 1 N–H and O–H groups in total. The van der Waals surface area contributed by atoms with Crippen LogP contribution in [0.2, 0.25) is 0 Å². The number of nitrogens with zero attached hydrogens (tertiary/aromatic N) is 3. The summed E-state index contributed by atoms with van der Waals surface area (Å²) in [4.78, 5) is 30.2. The first-order valence-corrected chi connectivity index (χ1v) is 9.95. The standard InChI is InChI=1S/C21H24N4O3S/c1-12-9-13(2)25(24-12)17-8-7-14(11-22-17)18(26)23-19-15(20(27)28-6)10-16(29-19)21(3,4)5/h7-11H,1-6H3,(H,23,26). The Hall–Kier alpha value is -3.00. The molecule has 0 radical (unpaired) electrons. The maximum atomic E-state index is 12.7. The molecule has 1 amide bonds. The van der Waals surface area contributed by atoms with Crippen LogP contribution >= 0.6 is 11.3 Å². The van der Waals surface area contributed by atoms with Crippen LogP contribution in [0, 0.1) is 13.8 Å². The van der Waals surface area contributed by atoms with Gasteiger partial charge in [-0.25, -0.2) is 14.5 Å². The Labute approximate surface area is 173 Å². The van der Waals surface area contributed by atoms with Gasteiger partial charge >= 0.3 is 5.97 Å². The third-order valence-corrected chi connectivity index (χ3v) is 5.82. The van der Waals surface area contributed by atoms with Gasteiger partial charge in [-0.1, -0.05) is 20.8 Å². The van der Waals surface area contributed by atoms with Crippen molar-refractivity contribution in [3.05, 3.63) is 57.9 Å². The number of aryl methyl sites for hydroxylation is 2. The molecule has 0 aliphatic carbocycles. The molecule has 0 fully saturated rings. The first-order chi connectivity index (χ1) is 13.6. The van der Waals surface area contributed by atoms with E-state index >= 15 is 0 Å². The first kappa shape index (κ1) is 20.7. The zero-order valence-corrected chi connectivity index (χ0v) is 18.2. The SMILES string of the molecule is COC(=O)c1cc(C(C)(C)C)sc1NC(=O)c1ccc(-n2nc(C)cc2C)nc1. The number of pyridine rings is 1. The lowest BCUT2D eigenvalue weighted by Gasteiger charge is -2.15. The van der Waals surface area contributed by atoms with Gasteiger partial charge in [0.1, 0.15) is 5.00 Å². The van der Waals surface area contributed by atoms with Crippen molar-refractivity contribution < 1.29 is 14.3 Å². The van der Waals surface area contributed by atoms with Gasteiger partial charge in [-0.3, -0.25) is 4.79 Å². The van der Waals surface area contributed by atoms with E-state index in [4.69, 9.17) is 4.74 Å². The Morgan fingerprint density at radius 2 is 1.90 bits per heavy atom. The van der Waals surface area contributed by atoms with Gasteiger partial charge in [-0.05, 0) is 43.5 Å². The highest BCUT2D eigenvalue weighted by Crippen LogP contribution is 2.36. The molecule has 3 rings (SSSR count). The molecule has 152 valence electrons. The molecule has 3 aromatic rings. The summed E-state index contributed by atoms with van der Waals surface area (Å²) in [5.74, 6) is -0.191. The number of hydrogen-bond acceptors (Lipinski definition) is 6. The van der Waals surface area contributed by atoms with Crippen molar-refractivity contribution in [3.63, 3.8) is 0 Å². The van der Waals surface area contributed by atoms with Crippen molar-refractivity contribution in [2.24, 2.45) is 0 Å². The number of ether oxygens (including phenoxy) is 1. The predicted octanol–water partition coefficient (Wildman–Crippen LogP) is 4.28. The molecule has 3 aromatic heterocycles. The van der Waals surface area contributed by atoms with Crippen LogP contribution in [0.3, 0.4) is 0 Å². The zero-order valence-electron chi connectivity index (χ0n) is 17.4. The normalized spacial score (nSPS) is 11.4. The Kier molecular flexibility index (Phi) is 5.57. The summed E-state index contributed by atoms with van der Waals surface area (Å²) in [5, 5.41) is 7.69. The van der Waals surface area contributed by atoms with Crippen LogP contribution in [0.25, 0.3) is 5.82 Å². The van der Waals surface area contributed by atoms with Crippen LogP contribution in [0.1, 0.15) is 57.8 Å². The first-order valence-electron chi connectivity index (χ1n) is 9.14. The van der Waals surface area contributed by atoms with Crippen molar-refractivity contribution in [3.8, 4) is 5.82 Å². The van der Waals surface area contributed by atoms with Gasteiger partial charge in [0.05, 0.1) is 23.9 Å². The summed E-state index contributed by atoms with van der Waals surface area (Å²) < 4.78 is 6.59.